The fourth-order valence-corrected chi connectivity index (χ4v) is 1.74. The maximum atomic E-state index is 4.42. The molecule has 4 heteroatoms. The monoisotopic (exact) mass is 230 g/mol. The number of rotatable bonds is 5. The van der Waals surface area contributed by atoms with E-state index in [-0.39, 0.29) is 0 Å². The first kappa shape index (κ1) is 11.8. The van der Waals surface area contributed by atoms with Gasteiger partial charge in [0.2, 0.25) is 0 Å². The lowest BCUT2D eigenvalue weighted by Crippen LogP contribution is -2.12. The number of nitrogens with zero attached hydrogens (tertiary/aromatic N) is 3. The predicted octanol–water partition coefficient (Wildman–Crippen LogP) is 1.90. The Labute approximate surface area is 102 Å². The summed E-state index contributed by atoms with van der Waals surface area (Å²) >= 11 is 0. The smallest absolute Gasteiger partial charge is 0.0638 e. The maximum absolute atomic E-state index is 4.42. The van der Waals surface area contributed by atoms with Crippen LogP contribution in [0.5, 0.6) is 0 Å². The van der Waals surface area contributed by atoms with Gasteiger partial charge in [-0.15, -0.1) is 0 Å². The average molecular weight is 230 g/mol. The minimum Gasteiger partial charge on any atom is -0.308 e. The molecule has 2 aromatic heterocycles. The number of hydrogen-bond acceptors (Lipinski definition) is 3. The van der Waals surface area contributed by atoms with Crippen LogP contribution in [-0.4, -0.2) is 14.8 Å². The molecular weight excluding hydrogens is 212 g/mol. The summed E-state index contributed by atoms with van der Waals surface area (Å²) in [5.74, 6) is 0. The molecule has 0 atom stereocenters. The topological polar surface area (TPSA) is 42.7 Å². The molecule has 90 valence electrons. The molecule has 0 amide bonds. The minimum atomic E-state index is 0.855. The highest BCUT2D eigenvalue weighted by Crippen LogP contribution is 2.05. The van der Waals surface area contributed by atoms with Gasteiger partial charge in [0.25, 0.3) is 0 Å². The van der Waals surface area contributed by atoms with Gasteiger partial charge in [0.1, 0.15) is 0 Å². The molecular formula is C13H18N4. The van der Waals surface area contributed by atoms with Crippen molar-refractivity contribution in [1.29, 1.82) is 0 Å². The van der Waals surface area contributed by atoms with Crippen molar-refractivity contribution in [3.8, 4) is 0 Å². The summed E-state index contributed by atoms with van der Waals surface area (Å²) in [5, 5.41) is 7.84. The van der Waals surface area contributed by atoms with Gasteiger partial charge in [-0.1, -0.05) is 0 Å². The molecule has 0 unspecified atom stereocenters. The van der Waals surface area contributed by atoms with Crippen molar-refractivity contribution in [2.45, 2.75) is 33.5 Å². The second kappa shape index (κ2) is 5.59. The maximum Gasteiger partial charge on any atom is 0.0638 e. The fraction of sp³-hybridized carbons (Fsp3) is 0.385. The second-order valence-electron chi connectivity index (χ2n) is 4.05. The van der Waals surface area contributed by atoms with E-state index in [1.54, 1.807) is 0 Å². The molecule has 0 bridgehead atoms. The third kappa shape index (κ3) is 3.14. The molecule has 0 aliphatic heterocycles. The first-order chi connectivity index (χ1) is 8.29. The molecule has 1 N–H and O–H groups in total. The Hall–Kier alpha value is -1.68. The number of aryl methyl sites for hydroxylation is 2. The van der Waals surface area contributed by atoms with Crippen LogP contribution in [0.25, 0.3) is 0 Å². The van der Waals surface area contributed by atoms with Gasteiger partial charge in [0.15, 0.2) is 0 Å². The average Bonchev–Trinajstić information content (AvgIpc) is 2.72. The summed E-state index contributed by atoms with van der Waals surface area (Å²) in [6.07, 6.45) is 5.74. The van der Waals surface area contributed by atoms with Gasteiger partial charge < -0.3 is 5.32 Å². The Morgan fingerprint density at radius 2 is 2.00 bits per heavy atom. The van der Waals surface area contributed by atoms with Gasteiger partial charge in [-0.25, -0.2) is 0 Å². The van der Waals surface area contributed by atoms with E-state index in [1.807, 2.05) is 29.2 Å². The fourth-order valence-electron chi connectivity index (χ4n) is 1.74. The first-order valence-electron chi connectivity index (χ1n) is 5.92. The largest absolute Gasteiger partial charge is 0.308 e. The number of pyridine rings is 1. The van der Waals surface area contributed by atoms with Crippen LogP contribution in [0, 0.1) is 6.92 Å². The van der Waals surface area contributed by atoms with Crippen molar-refractivity contribution >= 4 is 0 Å². The highest BCUT2D eigenvalue weighted by atomic mass is 15.3. The minimum absolute atomic E-state index is 0.855. The first-order valence-corrected chi connectivity index (χ1v) is 5.92. The van der Waals surface area contributed by atoms with Crippen LogP contribution in [0.4, 0.5) is 0 Å². The zero-order chi connectivity index (χ0) is 12.1. The van der Waals surface area contributed by atoms with Gasteiger partial charge in [-0.2, -0.15) is 5.10 Å². The third-order valence-electron chi connectivity index (χ3n) is 2.77. The van der Waals surface area contributed by atoms with Crippen molar-refractivity contribution in [2.75, 3.05) is 0 Å². The molecule has 4 nitrogen and oxygen atoms in total. The number of nitrogens with one attached hydrogen (secondary N) is 1. The molecule has 17 heavy (non-hydrogen) atoms. The van der Waals surface area contributed by atoms with Gasteiger partial charge in [0.05, 0.1) is 5.69 Å². The summed E-state index contributed by atoms with van der Waals surface area (Å²) in [6.45, 7) is 6.79. The van der Waals surface area contributed by atoms with E-state index in [2.05, 4.69) is 35.4 Å². The van der Waals surface area contributed by atoms with E-state index < -0.39 is 0 Å². The van der Waals surface area contributed by atoms with Crippen LogP contribution < -0.4 is 5.32 Å². The van der Waals surface area contributed by atoms with Crippen LogP contribution in [0.1, 0.15) is 23.7 Å². The molecule has 0 aliphatic rings. The van der Waals surface area contributed by atoms with Gasteiger partial charge in [0, 0.05) is 43.8 Å². The Morgan fingerprint density at radius 3 is 2.65 bits per heavy atom. The van der Waals surface area contributed by atoms with Crippen molar-refractivity contribution in [1.82, 2.24) is 20.1 Å². The van der Waals surface area contributed by atoms with E-state index in [1.165, 1.54) is 11.1 Å². The molecule has 0 fully saturated rings. The van der Waals surface area contributed by atoms with Crippen molar-refractivity contribution in [3.05, 3.63) is 47.5 Å². The zero-order valence-electron chi connectivity index (χ0n) is 10.3. The summed E-state index contributed by atoms with van der Waals surface area (Å²) in [5.41, 5.74) is 3.62. The normalized spacial score (nSPS) is 10.7. The molecule has 0 aliphatic carbocycles. The van der Waals surface area contributed by atoms with Crippen molar-refractivity contribution < 1.29 is 0 Å². The van der Waals surface area contributed by atoms with Crippen molar-refractivity contribution in [2.24, 2.45) is 0 Å². The molecule has 0 aromatic carbocycles. The Bertz CT molecular complexity index is 462. The van der Waals surface area contributed by atoms with Crippen LogP contribution in [0.2, 0.25) is 0 Å². The third-order valence-corrected chi connectivity index (χ3v) is 2.77. The molecule has 2 rings (SSSR count). The SMILES string of the molecule is CCn1cc(CNCc2ccncc2)c(C)n1. The number of aromatic nitrogens is 3. The van der Waals surface area contributed by atoms with Crippen LogP contribution in [0.15, 0.2) is 30.7 Å². The van der Waals surface area contributed by atoms with Crippen LogP contribution in [0.3, 0.4) is 0 Å². The summed E-state index contributed by atoms with van der Waals surface area (Å²) < 4.78 is 1.97. The number of hydrogen-bond donors (Lipinski definition) is 1. The van der Waals surface area contributed by atoms with Crippen LogP contribution in [-0.2, 0) is 19.6 Å². The van der Waals surface area contributed by atoms with Gasteiger partial charge in [-0.3, -0.25) is 9.67 Å². The molecule has 0 radical (unpaired) electrons. The Balaban J connectivity index is 1.88. The lowest BCUT2D eigenvalue weighted by atomic mass is 10.2. The quantitative estimate of drug-likeness (QED) is 0.853. The van der Waals surface area contributed by atoms with Crippen LogP contribution >= 0.6 is 0 Å². The molecule has 2 aromatic rings. The molecule has 0 saturated heterocycles. The molecule has 2 heterocycles. The highest BCUT2D eigenvalue weighted by Gasteiger charge is 2.03. The predicted molar refractivity (Wildman–Crippen MR) is 67.4 cm³/mol. The van der Waals surface area contributed by atoms with E-state index in [9.17, 15) is 0 Å². The van der Waals surface area contributed by atoms with Gasteiger partial charge in [-0.05, 0) is 31.5 Å². The summed E-state index contributed by atoms with van der Waals surface area (Å²) in [4.78, 5) is 4.00. The van der Waals surface area contributed by atoms with Gasteiger partial charge >= 0.3 is 0 Å². The van der Waals surface area contributed by atoms with E-state index >= 15 is 0 Å². The second-order valence-corrected chi connectivity index (χ2v) is 4.05. The molecule has 0 saturated carbocycles. The molecule has 0 spiro atoms. The summed E-state index contributed by atoms with van der Waals surface area (Å²) in [6, 6.07) is 4.05. The summed E-state index contributed by atoms with van der Waals surface area (Å²) in [7, 11) is 0. The van der Waals surface area contributed by atoms with Crippen molar-refractivity contribution in [3.63, 3.8) is 0 Å². The Morgan fingerprint density at radius 1 is 1.24 bits per heavy atom. The van der Waals surface area contributed by atoms with E-state index in [0.717, 1.165) is 25.3 Å². The lowest BCUT2D eigenvalue weighted by Gasteiger charge is -2.03. The highest BCUT2D eigenvalue weighted by molar-refractivity contribution is 5.15. The van der Waals surface area contributed by atoms with E-state index in [4.69, 9.17) is 0 Å². The standard InChI is InChI=1S/C13H18N4/c1-3-17-10-13(11(2)16-17)9-15-8-12-4-6-14-7-5-12/h4-7,10,15H,3,8-9H2,1-2H3. The Kier molecular flexibility index (Phi) is 3.88. The van der Waals surface area contributed by atoms with E-state index in [0.29, 0.717) is 0 Å². The lowest BCUT2D eigenvalue weighted by molar-refractivity contribution is 0.651. The zero-order valence-corrected chi connectivity index (χ0v) is 10.3.